The third-order valence-corrected chi connectivity index (χ3v) is 4.86. The summed E-state index contributed by atoms with van der Waals surface area (Å²) in [5, 5.41) is 0.195. The van der Waals surface area contributed by atoms with Crippen molar-refractivity contribution in [2.24, 2.45) is 0 Å². The number of rotatable bonds is 3. The highest BCUT2D eigenvalue weighted by molar-refractivity contribution is 7.90. The number of ether oxygens (including phenoxy) is 1. The molecular formula is C20H21N3O5S. The van der Waals surface area contributed by atoms with Gasteiger partial charge in [0.15, 0.2) is 5.65 Å². The summed E-state index contributed by atoms with van der Waals surface area (Å²) in [6.07, 6.45) is 1.01. The molecule has 0 saturated carbocycles. The minimum atomic E-state index is -3.66. The summed E-state index contributed by atoms with van der Waals surface area (Å²) >= 11 is 0. The van der Waals surface area contributed by atoms with E-state index in [4.69, 9.17) is 4.74 Å². The standard InChI is InChI=1S/C20H21N3O5S/c1-12-15-10-11-16(24)23(17(15)22-19(21-12)29(5,26)27)14-8-6-13(7-9-14)18(25)28-20(2,3)4/h6-11H,1-5H3. The molecule has 0 spiro atoms. The first-order chi connectivity index (χ1) is 13.4. The SMILES string of the molecule is Cc1nc(S(C)(=O)=O)nc2c1ccc(=O)n2-c1ccc(C(=O)OC(C)(C)C)cc1. The molecule has 9 heteroatoms. The van der Waals surface area contributed by atoms with Crippen molar-refractivity contribution in [1.29, 1.82) is 0 Å². The molecule has 0 bridgehead atoms. The Morgan fingerprint density at radius 2 is 1.66 bits per heavy atom. The maximum absolute atomic E-state index is 12.6. The molecule has 0 amide bonds. The van der Waals surface area contributed by atoms with E-state index in [0.29, 0.717) is 22.3 Å². The molecule has 2 heterocycles. The first-order valence-corrected chi connectivity index (χ1v) is 10.7. The number of carbonyl (C=O) groups excluding carboxylic acids is 1. The van der Waals surface area contributed by atoms with Crippen LogP contribution >= 0.6 is 0 Å². The minimum Gasteiger partial charge on any atom is -0.456 e. The van der Waals surface area contributed by atoms with Crippen molar-refractivity contribution in [2.75, 3.05) is 6.26 Å². The van der Waals surface area contributed by atoms with E-state index in [-0.39, 0.29) is 16.4 Å². The van der Waals surface area contributed by atoms with E-state index < -0.39 is 21.4 Å². The van der Waals surface area contributed by atoms with Crippen LogP contribution < -0.4 is 5.56 Å². The van der Waals surface area contributed by atoms with E-state index in [1.54, 1.807) is 58.0 Å². The number of aryl methyl sites for hydroxylation is 1. The Labute approximate surface area is 168 Å². The van der Waals surface area contributed by atoms with Gasteiger partial charge in [0.1, 0.15) is 5.60 Å². The minimum absolute atomic E-state index is 0.176. The Hall–Kier alpha value is -3.07. The largest absolute Gasteiger partial charge is 0.456 e. The third-order valence-electron chi connectivity index (χ3n) is 4.01. The molecule has 0 fully saturated rings. The number of carbonyl (C=O) groups is 1. The van der Waals surface area contributed by atoms with Gasteiger partial charge in [-0.05, 0) is 58.0 Å². The highest BCUT2D eigenvalue weighted by atomic mass is 32.2. The van der Waals surface area contributed by atoms with Gasteiger partial charge in [0.2, 0.25) is 15.0 Å². The summed E-state index contributed by atoms with van der Waals surface area (Å²) < 4.78 is 30.5. The van der Waals surface area contributed by atoms with Crippen molar-refractivity contribution >= 4 is 26.8 Å². The van der Waals surface area contributed by atoms with Crippen molar-refractivity contribution in [3.8, 4) is 5.69 Å². The van der Waals surface area contributed by atoms with Crippen LogP contribution in [-0.4, -0.2) is 40.8 Å². The lowest BCUT2D eigenvalue weighted by Crippen LogP contribution is -2.24. The quantitative estimate of drug-likeness (QED) is 0.477. The molecule has 8 nitrogen and oxygen atoms in total. The fourth-order valence-corrected chi connectivity index (χ4v) is 3.29. The molecule has 0 aliphatic rings. The summed E-state index contributed by atoms with van der Waals surface area (Å²) in [5.74, 6) is -0.480. The zero-order valence-electron chi connectivity index (χ0n) is 16.8. The summed E-state index contributed by atoms with van der Waals surface area (Å²) in [7, 11) is -3.66. The predicted molar refractivity (Wildman–Crippen MR) is 108 cm³/mol. The lowest BCUT2D eigenvalue weighted by Gasteiger charge is -2.19. The number of fused-ring (bicyclic) bond motifs is 1. The van der Waals surface area contributed by atoms with Gasteiger partial charge in [-0.1, -0.05) is 0 Å². The van der Waals surface area contributed by atoms with Crippen LogP contribution in [0.2, 0.25) is 0 Å². The van der Waals surface area contributed by atoms with Crippen LogP contribution in [0.1, 0.15) is 36.8 Å². The number of benzene rings is 1. The second-order valence-corrected chi connectivity index (χ2v) is 9.57. The van der Waals surface area contributed by atoms with Crippen molar-refractivity contribution in [3.63, 3.8) is 0 Å². The summed E-state index contributed by atoms with van der Waals surface area (Å²) in [5.41, 5.74) is 0.369. The van der Waals surface area contributed by atoms with Crippen molar-refractivity contribution in [1.82, 2.24) is 14.5 Å². The lowest BCUT2D eigenvalue weighted by atomic mass is 10.1. The fourth-order valence-electron chi connectivity index (χ4n) is 2.74. The van der Waals surface area contributed by atoms with E-state index >= 15 is 0 Å². The van der Waals surface area contributed by atoms with Gasteiger partial charge < -0.3 is 4.74 Å². The predicted octanol–water partition coefficient (Wildman–Crippen LogP) is 2.45. The third kappa shape index (κ3) is 4.34. The second-order valence-electron chi connectivity index (χ2n) is 7.66. The van der Waals surface area contributed by atoms with E-state index in [9.17, 15) is 18.0 Å². The van der Waals surface area contributed by atoms with Gasteiger partial charge in [-0.2, -0.15) is 4.98 Å². The first kappa shape index (κ1) is 20.7. The molecule has 0 aliphatic carbocycles. The Kier molecular flexibility index (Phi) is 5.04. The Bertz CT molecular complexity index is 1270. The van der Waals surface area contributed by atoms with Gasteiger partial charge in [-0.15, -0.1) is 0 Å². The van der Waals surface area contributed by atoms with E-state index in [2.05, 4.69) is 9.97 Å². The highest BCUT2D eigenvalue weighted by Gasteiger charge is 2.19. The molecule has 0 radical (unpaired) electrons. The van der Waals surface area contributed by atoms with Gasteiger partial charge >= 0.3 is 5.97 Å². The highest BCUT2D eigenvalue weighted by Crippen LogP contribution is 2.20. The van der Waals surface area contributed by atoms with E-state index in [0.717, 1.165) is 6.26 Å². The molecule has 0 saturated heterocycles. The first-order valence-electron chi connectivity index (χ1n) is 8.81. The summed E-state index contributed by atoms with van der Waals surface area (Å²) in [4.78, 5) is 32.9. The number of sulfone groups is 1. The molecule has 152 valence electrons. The lowest BCUT2D eigenvalue weighted by molar-refractivity contribution is 0.00695. The number of pyridine rings is 1. The van der Waals surface area contributed by atoms with Crippen LogP contribution in [0.3, 0.4) is 0 Å². The molecule has 29 heavy (non-hydrogen) atoms. The zero-order chi connectivity index (χ0) is 21.6. The summed E-state index contributed by atoms with van der Waals surface area (Å²) in [6, 6.07) is 9.17. The second kappa shape index (κ2) is 7.07. The fraction of sp³-hybridized carbons (Fsp3) is 0.300. The van der Waals surface area contributed by atoms with Crippen LogP contribution in [0.4, 0.5) is 0 Å². The molecule has 0 N–H and O–H groups in total. The van der Waals surface area contributed by atoms with Crippen LogP contribution in [0.25, 0.3) is 16.7 Å². The maximum atomic E-state index is 12.6. The number of nitrogens with zero attached hydrogens (tertiary/aromatic N) is 3. The smallest absolute Gasteiger partial charge is 0.338 e. The Balaban J connectivity index is 2.17. The van der Waals surface area contributed by atoms with Crippen LogP contribution in [0, 0.1) is 6.92 Å². The normalized spacial score (nSPS) is 12.2. The van der Waals surface area contributed by atoms with E-state index in [1.807, 2.05) is 0 Å². The molecule has 3 aromatic rings. The Morgan fingerprint density at radius 1 is 1.03 bits per heavy atom. The van der Waals surface area contributed by atoms with Crippen molar-refractivity contribution in [3.05, 3.63) is 58.0 Å². The van der Waals surface area contributed by atoms with Gasteiger partial charge in [0.25, 0.3) is 5.56 Å². The van der Waals surface area contributed by atoms with Crippen LogP contribution in [-0.2, 0) is 14.6 Å². The average Bonchev–Trinajstić information content (AvgIpc) is 2.59. The van der Waals surface area contributed by atoms with E-state index in [1.165, 1.54) is 10.6 Å². The molecule has 0 unspecified atom stereocenters. The monoisotopic (exact) mass is 415 g/mol. The summed E-state index contributed by atoms with van der Waals surface area (Å²) in [6.45, 7) is 6.97. The molecule has 2 aromatic heterocycles. The zero-order valence-corrected chi connectivity index (χ0v) is 17.6. The van der Waals surface area contributed by atoms with Gasteiger partial charge in [-0.3, -0.25) is 9.36 Å². The van der Waals surface area contributed by atoms with Crippen LogP contribution in [0.5, 0.6) is 0 Å². The van der Waals surface area contributed by atoms with Crippen molar-refractivity contribution < 1.29 is 17.9 Å². The molecule has 0 atom stereocenters. The molecule has 0 aliphatic heterocycles. The maximum Gasteiger partial charge on any atom is 0.338 e. The number of hydrogen-bond acceptors (Lipinski definition) is 7. The Morgan fingerprint density at radius 3 is 2.21 bits per heavy atom. The van der Waals surface area contributed by atoms with Crippen molar-refractivity contribution in [2.45, 2.75) is 38.5 Å². The van der Waals surface area contributed by atoms with Crippen LogP contribution in [0.15, 0.2) is 46.3 Å². The van der Waals surface area contributed by atoms with Gasteiger partial charge in [0.05, 0.1) is 16.9 Å². The van der Waals surface area contributed by atoms with Gasteiger partial charge in [-0.25, -0.2) is 18.2 Å². The number of esters is 1. The van der Waals surface area contributed by atoms with Gasteiger partial charge in [0, 0.05) is 17.7 Å². The topological polar surface area (TPSA) is 108 Å². The molecular weight excluding hydrogens is 394 g/mol. The number of aromatic nitrogens is 3. The average molecular weight is 415 g/mol. The molecule has 3 rings (SSSR count). The molecule has 1 aromatic carbocycles. The number of hydrogen-bond donors (Lipinski definition) is 0.